The van der Waals surface area contributed by atoms with E-state index in [2.05, 4.69) is 4.98 Å². The lowest BCUT2D eigenvalue weighted by molar-refractivity contribution is 0.000856. The van der Waals surface area contributed by atoms with Crippen LogP contribution in [0, 0.1) is 10.5 Å². The molecule has 0 aliphatic carbocycles. The molecule has 1 N–H and O–H groups in total. The number of aromatic nitrogens is 2. The fourth-order valence-corrected chi connectivity index (χ4v) is 5.15. The van der Waals surface area contributed by atoms with E-state index in [1.165, 1.54) is 11.7 Å². The molecule has 0 saturated carbocycles. The molecule has 4 radical (unpaired) electrons. The number of methoxy groups -OCH3 is 1. The molecular formula is C24H32B2FN2O5PS. The summed E-state index contributed by atoms with van der Waals surface area (Å²) in [7, 11) is 12.0. The third-order valence-corrected chi connectivity index (χ3v) is 7.33. The van der Waals surface area contributed by atoms with Crippen LogP contribution in [0.25, 0.3) is 0 Å². The fraction of sp³-hybridized carbons (Fsp3) is 0.583. The molecule has 0 amide bonds. The van der Waals surface area contributed by atoms with Gasteiger partial charge in [0.25, 0.3) is 0 Å². The predicted octanol–water partition coefficient (Wildman–Crippen LogP) is 4.89. The molecule has 0 bridgehead atoms. The van der Waals surface area contributed by atoms with E-state index in [0.717, 1.165) is 5.56 Å². The molecule has 0 spiro atoms. The Labute approximate surface area is 220 Å². The molecule has 2 aromatic rings. The van der Waals surface area contributed by atoms with Crippen molar-refractivity contribution in [3.63, 3.8) is 0 Å². The van der Waals surface area contributed by atoms with Crippen molar-refractivity contribution in [2.45, 2.75) is 83.4 Å². The first-order valence-electron chi connectivity index (χ1n) is 11.6. The Morgan fingerprint density at radius 3 is 2.42 bits per heavy atom. The number of ether oxygens (including phenoxy) is 1. The molecule has 36 heavy (non-hydrogen) atoms. The molecule has 0 fully saturated rings. The van der Waals surface area contributed by atoms with Crippen LogP contribution in [0.1, 0.15) is 64.7 Å². The minimum absolute atomic E-state index is 0.0494. The number of H-pyrrole nitrogens is 1. The summed E-state index contributed by atoms with van der Waals surface area (Å²) in [5, 5.41) is -1.81. The average molecular weight is 532 g/mol. The Kier molecular flexibility index (Phi) is 8.63. The van der Waals surface area contributed by atoms with E-state index in [1.807, 2.05) is 47.6 Å². The molecule has 2 heterocycles. The highest BCUT2D eigenvalue weighted by Crippen LogP contribution is 2.54. The first-order valence-corrected chi connectivity index (χ1v) is 13.1. The summed E-state index contributed by atoms with van der Waals surface area (Å²) in [5.41, 5.74) is 0.681. The van der Waals surface area contributed by atoms with Gasteiger partial charge in [0.15, 0.2) is 0 Å². The van der Waals surface area contributed by atoms with Crippen LogP contribution in [0.2, 0.25) is 0 Å². The number of halogens is 1. The SMILES string of the molecule is [B]C([B])(OP1OCc2c(F)c(C(C)(C)C)cc(C(C)(C)C)c2O1)C(CCn1ccc(=S)[nH]c1=O)OC. The van der Waals surface area contributed by atoms with Crippen molar-refractivity contribution in [1.29, 1.82) is 0 Å². The lowest BCUT2D eigenvalue weighted by Gasteiger charge is -2.39. The number of aryl methyl sites for hydroxylation is 1. The number of hydrogen-bond acceptors (Lipinski definition) is 6. The molecule has 12 heteroatoms. The maximum Gasteiger partial charge on any atom is 0.396 e. The largest absolute Gasteiger partial charge is 0.426 e. The van der Waals surface area contributed by atoms with Crippen LogP contribution >= 0.6 is 20.8 Å². The Hall–Kier alpha value is -1.51. The van der Waals surface area contributed by atoms with Gasteiger partial charge in [0.05, 0.1) is 18.3 Å². The van der Waals surface area contributed by atoms with Crippen molar-refractivity contribution in [2.24, 2.45) is 0 Å². The number of rotatable bonds is 7. The zero-order valence-electron chi connectivity index (χ0n) is 21.8. The number of aromatic amines is 1. The van der Waals surface area contributed by atoms with Gasteiger partial charge in [-0.05, 0) is 34.9 Å². The maximum absolute atomic E-state index is 15.5. The van der Waals surface area contributed by atoms with Gasteiger partial charge >= 0.3 is 14.3 Å². The molecule has 0 saturated heterocycles. The minimum atomic E-state index is -2.06. The molecule has 1 aliphatic heterocycles. The van der Waals surface area contributed by atoms with Gasteiger partial charge < -0.3 is 18.4 Å². The van der Waals surface area contributed by atoms with Gasteiger partial charge in [0.2, 0.25) is 0 Å². The second-order valence-corrected chi connectivity index (χ2v) is 12.5. The number of fused-ring (bicyclic) bond motifs is 1. The highest BCUT2D eigenvalue weighted by molar-refractivity contribution is 7.71. The predicted molar refractivity (Wildman–Crippen MR) is 143 cm³/mol. The molecular weight excluding hydrogens is 500 g/mol. The van der Waals surface area contributed by atoms with Gasteiger partial charge in [-0.1, -0.05) is 53.8 Å². The zero-order valence-corrected chi connectivity index (χ0v) is 23.5. The van der Waals surface area contributed by atoms with E-state index in [-0.39, 0.29) is 36.5 Å². The van der Waals surface area contributed by atoms with Crippen LogP contribution in [0.4, 0.5) is 4.39 Å². The molecule has 2 atom stereocenters. The Balaban J connectivity index is 1.83. The first kappa shape index (κ1) is 29.1. The van der Waals surface area contributed by atoms with Crippen molar-refractivity contribution in [3.8, 4) is 5.75 Å². The number of nitrogens with zero attached hydrogens (tertiary/aromatic N) is 1. The van der Waals surface area contributed by atoms with E-state index < -0.39 is 25.5 Å². The topological polar surface area (TPSA) is 74.7 Å². The van der Waals surface area contributed by atoms with Gasteiger partial charge in [-0.15, -0.1) is 0 Å². The van der Waals surface area contributed by atoms with Gasteiger partial charge in [-0.25, -0.2) is 9.18 Å². The monoisotopic (exact) mass is 532 g/mol. The Bertz CT molecular complexity index is 1220. The fourth-order valence-electron chi connectivity index (χ4n) is 3.89. The summed E-state index contributed by atoms with van der Waals surface area (Å²) in [6, 6.07) is 3.46. The summed E-state index contributed by atoms with van der Waals surface area (Å²) in [5.74, 6) is 0.0373. The Morgan fingerprint density at radius 1 is 1.22 bits per heavy atom. The summed E-state index contributed by atoms with van der Waals surface area (Å²) < 4.78 is 40.4. The summed E-state index contributed by atoms with van der Waals surface area (Å²) in [6.07, 6.45) is 1.02. The first-order chi connectivity index (χ1) is 16.5. The normalized spacial score (nSPS) is 17.4. The van der Waals surface area contributed by atoms with Crippen molar-refractivity contribution in [2.75, 3.05) is 7.11 Å². The molecule has 1 aromatic carbocycles. The van der Waals surface area contributed by atoms with E-state index in [0.29, 0.717) is 21.5 Å². The third kappa shape index (κ3) is 6.48. The molecule has 1 aliphatic rings. The molecule has 3 rings (SSSR count). The van der Waals surface area contributed by atoms with E-state index in [9.17, 15) is 4.79 Å². The third-order valence-electron chi connectivity index (χ3n) is 5.95. The molecule has 2 unspecified atom stereocenters. The van der Waals surface area contributed by atoms with Crippen molar-refractivity contribution < 1.29 is 22.7 Å². The van der Waals surface area contributed by atoms with Crippen LogP contribution in [-0.4, -0.2) is 43.9 Å². The zero-order chi connectivity index (χ0) is 27.1. The summed E-state index contributed by atoms with van der Waals surface area (Å²) in [6.45, 7) is 12.2. The quantitative estimate of drug-likeness (QED) is 0.311. The highest BCUT2D eigenvalue weighted by Gasteiger charge is 2.39. The maximum atomic E-state index is 15.5. The minimum Gasteiger partial charge on any atom is -0.426 e. The average Bonchev–Trinajstić information content (AvgIpc) is 2.73. The van der Waals surface area contributed by atoms with Crippen LogP contribution in [0.5, 0.6) is 5.75 Å². The van der Waals surface area contributed by atoms with Gasteiger partial charge in [0.1, 0.15) is 31.9 Å². The highest BCUT2D eigenvalue weighted by atomic mass is 32.1. The standard InChI is InChI=1S/C24H32B2FN2O5PS/c1-22(2,3)15-12-16(23(4,5)6)20-14(19(15)27)13-32-35(33-20)34-24(25,26)17(31-7)8-10-29-11-9-18(36)28-21(29)30/h9,11-12,17H,8,10,13H2,1-7H3,(H,28,30,36). The second-order valence-electron chi connectivity index (χ2n) is 10.9. The van der Waals surface area contributed by atoms with Crippen molar-refractivity contribution in [3.05, 3.63) is 56.0 Å². The van der Waals surface area contributed by atoms with E-state index in [1.54, 1.807) is 12.3 Å². The van der Waals surface area contributed by atoms with Crippen molar-refractivity contribution >= 4 is 36.5 Å². The van der Waals surface area contributed by atoms with Crippen LogP contribution < -0.4 is 10.2 Å². The van der Waals surface area contributed by atoms with Crippen molar-refractivity contribution in [1.82, 2.24) is 9.55 Å². The Morgan fingerprint density at radius 2 is 1.86 bits per heavy atom. The van der Waals surface area contributed by atoms with E-state index >= 15 is 4.39 Å². The smallest absolute Gasteiger partial charge is 0.396 e. The number of benzene rings is 1. The molecule has 7 nitrogen and oxygen atoms in total. The van der Waals surface area contributed by atoms with E-state index in [4.69, 9.17) is 46.2 Å². The number of hydrogen-bond donors (Lipinski definition) is 1. The van der Waals surface area contributed by atoms with Gasteiger partial charge in [-0.2, -0.15) is 0 Å². The van der Waals surface area contributed by atoms with Crippen LogP contribution in [0.3, 0.4) is 0 Å². The lowest BCUT2D eigenvalue weighted by Crippen LogP contribution is -2.47. The molecule has 1 aromatic heterocycles. The van der Waals surface area contributed by atoms with Gasteiger partial charge in [-0.3, -0.25) is 9.51 Å². The lowest BCUT2D eigenvalue weighted by atomic mass is 9.61. The number of nitrogens with one attached hydrogen (secondary N) is 1. The van der Waals surface area contributed by atoms with Gasteiger partial charge in [0, 0.05) is 30.8 Å². The van der Waals surface area contributed by atoms with Crippen LogP contribution in [-0.2, 0) is 37.8 Å². The second kappa shape index (κ2) is 10.7. The summed E-state index contributed by atoms with van der Waals surface area (Å²) in [4.78, 5) is 14.6. The summed E-state index contributed by atoms with van der Waals surface area (Å²) >= 11 is 4.96. The van der Waals surface area contributed by atoms with Crippen LogP contribution in [0.15, 0.2) is 23.1 Å². The molecule has 192 valence electrons.